The molecule has 0 aliphatic carbocycles. The van der Waals surface area contributed by atoms with Crippen LogP contribution in [0.25, 0.3) is 0 Å². The smallest absolute Gasteiger partial charge is 0.410 e. The highest BCUT2D eigenvalue weighted by Gasteiger charge is 2.26. The van der Waals surface area contributed by atoms with Crippen LogP contribution in [0.2, 0.25) is 5.02 Å². The zero-order valence-corrected chi connectivity index (χ0v) is 15.9. The van der Waals surface area contributed by atoms with Crippen molar-refractivity contribution in [3.05, 3.63) is 70.7 Å². The Morgan fingerprint density at radius 2 is 1.77 bits per heavy atom. The lowest BCUT2D eigenvalue weighted by atomic mass is 10.1. The number of hydrogen-bond acceptors (Lipinski definition) is 3. The summed E-state index contributed by atoms with van der Waals surface area (Å²) in [5.74, 6) is 0. The standard InChI is InChI=1S/C21H25ClN2O2/c1-23(21(25)26-16-17-7-3-2-4-8-17)20(15-24-13-5-6-14-24)18-9-11-19(22)12-10-18/h2-4,7-12,20H,5-6,13-16H2,1H3. The molecule has 1 amide bonds. The highest BCUT2D eigenvalue weighted by molar-refractivity contribution is 6.30. The van der Waals surface area contributed by atoms with E-state index in [9.17, 15) is 4.79 Å². The Bertz CT molecular complexity index is 700. The highest BCUT2D eigenvalue weighted by Crippen LogP contribution is 2.25. The van der Waals surface area contributed by atoms with Gasteiger partial charge in [0.15, 0.2) is 0 Å². The molecular weight excluding hydrogens is 348 g/mol. The van der Waals surface area contributed by atoms with Gasteiger partial charge in [-0.1, -0.05) is 54.1 Å². The van der Waals surface area contributed by atoms with Crippen LogP contribution in [0, 0.1) is 0 Å². The van der Waals surface area contributed by atoms with Gasteiger partial charge in [0.05, 0.1) is 6.04 Å². The van der Waals surface area contributed by atoms with Crippen molar-refractivity contribution in [1.82, 2.24) is 9.80 Å². The third kappa shape index (κ3) is 4.99. The maximum Gasteiger partial charge on any atom is 0.410 e. The first-order chi connectivity index (χ1) is 12.6. The third-order valence-corrected chi connectivity index (χ3v) is 5.10. The van der Waals surface area contributed by atoms with Crippen molar-refractivity contribution in [2.24, 2.45) is 0 Å². The van der Waals surface area contributed by atoms with Gasteiger partial charge in [0.1, 0.15) is 6.61 Å². The number of likely N-dealkylation sites (tertiary alicyclic amines) is 1. The quantitative estimate of drug-likeness (QED) is 0.733. The first-order valence-electron chi connectivity index (χ1n) is 9.05. The average Bonchev–Trinajstić information content (AvgIpc) is 3.18. The molecule has 0 bridgehead atoms. The van der Waals surface area contributed by atoms with Gasteiger partial charge in [0, 0.05) is 18.6 Å². The topological polar surface area (TPSA) is 32.8 Å². The van der Waals surface area contributed by atoms with Gasteiger partial charge in [0.2, 0.25) is 0 Å². The van der Waals surface area contributed by atoms with Crippen LogP contribution in [0.1, 0.15) is 30.0 Å². The van der Waals surface area contributed by atoms with Gasteiger partial charge in [-0.25, -0.2) is 4.79 Å². The number of amides is 1. The maximum atomic E-state index is 12.6. The van der Waals surface area contributed by atoms with Crippen LogP contribution in [0.5, 0.6) is 0 Å². The SMILES string of the molecule is CN(C(=O)OCc1ccccc1)C(CN1CCCC1)c1ccc(Cl)cc1. The number of likely N-dealkylation sites (N-methyl/N-ethyl adjacent to an activating group) is 1. The number of ether oxygens (including phenoxy) is 1. The molecule has 0 radical (unpaired) electrons. The molecule has 1 saturated heterocycles. The summed E-state index contributed by atoms with van der Waals surface area (Å²) in [4.78, 5) is 16.7. The van der Waals surface area contributed by atoms with Gasteiger partial charge in [-0.3, -0.25) is 0 Å². The zero-order valence-electron chi connectivity index (χ0n) is 15.1. The Kier molecular flexibility index (Phi) is 6.53. The number of nitrogens with zero attached hydrogens (tertiary/aromatic N) is 2. The number of hydrogen-bond donors (Lipinski definition) is 0. The maximum absolute atomic E-state index is 12.6. The minimum atomic E-state index is -0.312. The Morgan fingerprint density at radius 1 is 1.12 bits per heavy atom. The van der Waals surface area contributed by atoms with E-state index in [1.807, 2.05) is 61.6 Å². The van der Waals surface area contributed by atoms with Gasteiger partial charge >= 0.3 is 6.09 Å². The fraction of sp³-hybridized carbons (Fsp3) is 0.381. The van der Waals surface area contributed by atoms with E-state index in [1.165, 1.54) is 12.8 Å². The van der Waals surface area contributed by atoms with E-state index in [2.05, 4.69) is 4.90 Å². The molecule has 1 unspecified atom stereocenters. The lowest BCUT2D eigenvalue weighted by Crippen LogP contribution is -2.38. The molecule has 2 aromatic rings. The van der Waals surface area contributed by atoms with Crippen molar-refractivity contribution < 1.29 is 9.53 Å². The summed E-state index contributed by atoms with van der Waals surface area (Å²) in [7, 11) is 1.81. The van der Waals surface area contributed by atoms with Crippen molar-refractivity contribution in [3.63, 3.8) is 0 Å². The van der Waals surface area contributed by atoms with Gasteiger partial charge in [-0.05, 0) is 49.2 Å². The number of benzene rings is 2. The molecule has 0 spiro atoms. The van der Waals surface area contributed by atoms with E-state index < -0.39 is 0 Å². The van der Waals surface area contributed by atoms with Crippen LogP contribution in [-0.4, -0.2) is 42.6 Å². The predicted molar refractivity (Wildman–Crippen MR) is 104 cm³/mol. The van der Waals surface area contributed by atoms with Crippen LogP contribution in [0.3, 0.4) is 0 Å². The molecule has 3 rings (SSSR count). The van der Waals surface area contributed by atoms with E-state index in [0.29, 0.717) is 5.02 Å². The van der Waals surface area contributed by atoms with Crippen LogP contribution >= 0.6 is 11.6 Å². The number of carbonyl (C=O) groups is 1. The summed E-state index contributed by atoms with van der Waals surface area (Å²) in [6.07, 6.45) is 2.12. The van der Waals surface area contributed by atoms with E-state index in [0.717, 1.165) is 30.8 Å². The molecule has 26 heavy (non-hydrogen) atoms. The molecule has 1 atom stereocenters. The molecule has 0 aromatic heterocycles. The van der Waals surface area contributed by atoms with Crippen LogP contribution < -0.4 is 0 Å². The van der Waals surface area contributed by atoms with Crippen molar-refractivity contribution in [3.8, 4) is 0 Å². The molecule has 4 nitrogen and oxygen atoms in total. The highest BCUT2D eigenvalue weighted by atomic mass is 35.5. The van der Waals surface area contributed by atoms with Gasteiger partial charge in [-0.15, -0.1) is 0 Å². The molecule has 1 aliphatic rings. The number of rotatable bonds is 6. The Balaban J connectivity index is 1.69. The largest absolute Gasteiger partial charge is 0.445 e. The Labute approximate surface area is 160 Å². The average molecular weight is 373 g/mol. The summed E-state index contributed by atoms with van der Waals surface area (Å²) in [6.45, 7) is 3.24. The van der Waals surface area contributed by atoms with Gasteiger partial charge in [-0.2, -0.15) is 0 Å². The summed E-state index contributed by atoms with van der Waals surface area (Å²) in [5.41, 5.74) is 2.05. The first-order valence-corrected chi connectivity index (χ1v) is 9.42. The molecule has 1 heterocycles. The van der Waals surface area contributed by atoms with E-state index >= 15 is 0 Å². The predicted octanol–water partition coefficient (Wildman–Crippen LogP) is 4.75. The molecule has 138 valence electrons. The van der Waals surface area contributed by atoms with Crippen molar-refractivity contribution in [2.75, 3.05) is 26.7 Å². The minimum Gasteiger partial charge on any atom is -0.445 e. The summed E-state index contributed by atoms with van der Waals surface area (Å²) < 4.78 is 5.52. The number of halogens is 1. The van der Waals surface area contributed by atoms with Crippen molar-refractivity contribution in [1.29, 1.82) is 0 Å². The third-order valence-electron chi connectivity index (χ3n) is 4.85. The summed E-state index contributed by atoms with van der Waals surface area (Å²) >= 11 is 6.03. The molecule has 0 saturated carbocycles. The summed E-state index contributed by atoms with van der Waals surface area (Å²) in [6, 6.07) is 17.4. The first kappa shape index (κ1) is 18.7. The molecular formula is C21H25ClN2O2. The fourth-order valence-electron chi connectivity index (χ4n) is 3.29. The fourth-order valence-corrected chi connectivity index (χ4v) is 3.42. The molecule has 2 aromatic carbocycles. The molecule has 5 heteroatoms. The van der Waals surface area contributed by atoms with Crippen LogP contribution in [0.4, 0.5) is 4.79 Å². The Hall–Kier alpha value is -2.04. The van der Waals surface area contributed by atoms with Gasteiger partial charge < -0.3 is 14.5 Å². The summed E-state index contributed by atoms with van der Waals surface area (Å²) in [5, 5.41) is 0.697. The molecule has 1 fully saturated rings. The number of carbonyl (C=O) groups excluding carboxylic acids is 1. The van der Waals surface area contributed by atoms with E-state index in [1.54, 1.807) is 4.90 Å². The van der Waals surface area contributed by atoms with E-state index in [4.69, 9.17) is 16.3 Å². The zero-order chi connectivity index (χ0) is 18.4. The molecule has 1 aliphatic heterocycles. The minimum absolute atomic E-state index is 0.0614. The van der Waals surface area contributed by atoms with Crippen molar-refractivity contribution >= 4 is 17.7 Å². The van der Waals surface area contributed by atoms with E-state index in [-0.39, 0.29) is 18.7 Å². The lowest BCUT2D eigenvalue weighted by molar-refractivity contribution is 0.0834. The second kappa shape index (κ2) is 9.06. The normalized spacial score (nSPS) is 15.6. The van der Waals surface area contributed by atoms with Crippen LogP contribution in [0.15, 0.2) is 54.6 Å². The second-order valence-electron chi connectivity index (χ2n) is 6.73. The van der Waals surface area contributed by atoms with Crippen molar-refractivity contribution in [2.45, 2.75) is 25.5 Å². The monoisotopic (exact) mass is 372 g/mol. The van der Waals surface area contributed by atoms with Crippen LogP contribution in [-0.2, 0) is 11.3 Å². The lowest BCUT2D eigenvalue weighted by Gasteiger charge is -2.31. The van der Waals surface area contributed by atoms with Gasteiger partial charge in [0.25, 0.3) is 0 Å². The molecule has 0 N–H and O–H groups in total. The second-order valence-corrected chi connectivity index (χ2v) is 7.16. The Morgan fingerprint density at radius 3 is 2.42 bits per heavy atom.